The molecule has 0 atom stereocenters. The predicted molar refractivity (Wildman–Crippen MR) is 132 cm³/mol. The fourth-order valence-electron chi connectivity index (χ4n) is 5.68. The molecule has 0 spiro atoms. The third-order valence-corrected chi connectivity index (χ3v) is 7.50. The van der Waals surface area contributed by atoms with Crippen molar-refractivity contribution >= 4 is 17.6 Å². The largest absolute Gasteiger partial charge is 0.490 e. The molecule has 2 heterocycles. The van der Waals surface area contributed by atoms with E-state index in [4.69, 9.17) is 4.74 Å². The topological polar surface area (TPSA) is 66.8 Å². The fraction of sp³-hybridized carbons (Fsp3) is 0.310. The lowest BCUT2D eigenvalue weighted by Crippen LogP contribution is -2.37. The smallest absolute Gasteiger partial charge is 0.307 e. The number of benzene rings is 3. The molecule has 186 valence electrons. The minimum absolute atomic E-state index is 0.0801. The van der Waals surface area contributed by atoms with Gasteiger partial charge in [0, 0.05) is 11.3 Å². The van der Waals surface area contributed by atoms with E-state index in [-0.39, 0.29) is 31.0 Å². The Labute approximate surface area is 208 Å². The predicted octanol–water partition coefficient (Wildman–Crippen LogP) is 5.60. The van der Waals surface area contributed by atoms with Crippen LogP contribution in [-0.4, -0.2) is 23.6 Å². The van der Waals surface area contributed by atoms with Crippen LogP contribution in [0, 0.1) is 32.4 Å². The average molecular weight is 492 g/mol. The molecule has 5 nitrogen and oxygen atoms in total. The second kappa shape index (κ2) is 9.04. The molecule has 0 bridgehead atoms. The number of hydrogen-bond acceptors (Lipinski definition) is 3. The van der Waals surface area contributed by atoms with E-state index in [9.17, 15) is 19.1 Å². The number of amides is 1. The van der Waals surface area contributed by atoms with E-state index in [1.54, 1.807) is 17.0 Å². The standard InChI is InChI=1S/C29H27F2NO4/c1-15-20-8-5-9-36-29(20)25(31)11-22(15)28-17(3)24-14-32(19-7-4-6-18(30)10-19)26(33)12-21(24)16(2)23(28)13-27(34)35/h4,6-7,10-11H,5,8-9,12-14H2,1-3H3,(H,34,35). The first-order chi connectivity index (χ1) is 17.2. The van der Waals surface area contributed by atoms with Crippen molar-refractivity contribution in [3.05, 3.63) is 80.9 Å². The van der Waals surface area contributed by atoms with Crippen molar-refractivity contribution in [2.45, 2.75) is 53.0 Å². The summed E-state index contributed by atoms with van der Waals surface area (Å²) in [5.74, 6) is -1.80. The van der Waals surface area contributed by atoms with Gasteiger partial charge in [-0.25, -0.2) is 8.78 Å². The summed E-state index contributed by atoms with van der Waals surface area (Å²) in [6.45, 7) is 6.34. The Morgan fingerprint density at radius 2 is 1.83 bits per heavy atom. The molecule has 1 N–H and O–H groups in total. The van der Waals surface area contributed by atoms with Crippen molar-refractivity contribution in [3.8, 4) is 16.9 Å². The molecule has 5 rings (SSSR count). The minimum Gasteiger partial charge on any atom is -0.490 e. The lowest BCUT2D eigenvalue weighted by molar-refractivity contribution is -0.136. The van der Waals surface area contributed by atoms with Crippen LogP contribution in [0.2, 0.25) is 0 Å². The van der Waals surface area contributed by atoms with E-state index < -0.39 is 17.6 Å². The first-order valence-electron chi connectivity index (χ1n) is 12.0. The van der Waals surface area contributed by atoms with Crippen molar-refractivity contribution in [3.63, 3.8) is 0 Å². The number of carboxylic acid groups (broad SMARTS) is 1. The maximum absolute atomic E-state index is 15.2. The number of carbonyl (C=O) groups is 2. The Hall–Kier alpha value is -3.74. The van der Waals surface area contributed by atoms with Gasteiger partial charge in [-0.3, -0.25) is 9.59 Å². The van der Waals surface area contributed by atoms with Crippen molar-refractivity contribution in [1.29, 1.82) is 0 Å². The van der Waals surface area contributed by atoms with Crippen molar-refractivity contribution in [1.82, 2.24) is 0 Å². The maximum Gasteiger partial charge on any atom is 0.307 e. The van der Waals surface area contributed by atoms with E-state index in [1.807, 2.05) is 20.8 Å². The summed E-state index contributed by atoms with van der Waals surface area (Å²) in [6.07, 6.45) is 1.30. The van der Waals surface area contributed by atoms with Crippen LogP contribution in [0.5, 0.6) is 5.75 Å². The summed E-state index contributed by atoms with van der Waals surface area (Å²) in [4.78, 5) is 26.5. The fourth-order valence-corrected chi connectivity index (χ4v) is 5.68. The van der Waals surface area contributed by atoms with Gasteiger partial charge in [-0.05, 0) is 102 Å². The van der Waals surface area contributed by atoms with E-state index in [1.165, 1.54) is 18.2 Å². The van der Waals surface area contributed by atoms with Gasteiger partial charge in [0.15, 0.2) is 11.6 Å². The number of ether oxygens (including phenoxy) is 1. The van der Waals surface area contributed by atoms with Gasteiger partial charge in [-0.2, -0.15) is 0 Å². The summed E-state index contributed by atoms with van der Waals surface area (Å²) in [5.41, 5.74) is 7.28. The summed E-state index contributed by atoms with van der Waals surface area (Å²) >= 11 is 0. The van der Waals surface area contributed by atoms with Gasteiger partial charge < -0.3 is 14.7 Å². The number of fused-ring (bicyclic) bond motifs is 2. The molecular weight excluding hydrogens is 464 g/mol. The molecule has 1 amide bonds. The third-order valence-electron chi connectivity index (χ3n) is 7.50. The normalized spacial score (nSPS) is 14.8. The van der Waals surface area contributed by atoms with E-state index in [2.05, 4.69) is 0 Å². The molecule has 3 aromatic rings. The number of carbonyl (C=O) groups excluding carboxylic acids is 1. The first-order valence-corrected chi connectivity index (χ1v) is 12.0. The van der Waals surface area contributed by atoms with E-state index in [0.29, 0.717) is 35.4 Å². The minimum atomic E-state index is -0.998. The van der Waals surface area contributed by atoms with Gasteiger partial charge >= 0.3 is 5.97 Å². The summed E-state index contributed by atoms with van der Waals surface area (Å²) in [7, 11) is 0. The Kier molecular flexibility index (Phi) is 6.02. The van der Waals surface area contributed by atoms with Gasteiger partial charge in [-0.1, -0.05) is 6.07 Å². The third kappa shape index (κ3) is 3.92. The van der Waals surface area contributed by atoms with Crippen LogP contribution in [0.3, 0.4) is 0 Å². The highest BCUT2D eigenvalue weighted by Gasteiger charge is 2.32. The number of halogens is 2. The first kappa shape index (κ1) is 24.0. The molecule has 36 heavy (non-hydrogen) atoms. The molecule has 3 aromatic carbocycles. The Morgan fingerprint density at radius 3 is 2.56 bits per heavy atom. The van der Waals surface area contributed by atoms with Crippen molar-refractivity contribution in [2.24, 2.45) is 0 Å². The average Bonchev–Trinajstić information content (AvgIpc) is 2.85. The highest BCUT2D eigenvalue weighted by Crippen LogP contribution is 2.43. The van der Waals surface area contributed by atoms with Gasteiger partial charge in [0.05, 0.1) is 26.0 Å². The van der Waals surface area contributed by atoms with E-state index in [0.717, 1.165) is 39.8 Å². The number of hydrogen-bond donors (Lipinski definition) is 1. The second-order valence-corrected chi connectivity index (χ2v) is 9.56. The van der Waals surface area contributed by atoms with Crippen LogP contribution in [-0.2, 0) is 35.4 Å². The molecule has 0 saturated carbocycles. The number of rotatable bonds is 4. The van der Waals surface area contributed by atoms with Gasteiger partial charge in [0.1, 0.15) is 5.82 Å². The summed E-state index contributed by atoms with van der Waals surface area (Å²) < 4.78 is 34.7. The zero-order valence-electron chi connectivity index (χ0n) is 20.5. The second-order valence-electron chi connectivity index (χ2n) is 9.56. The van der Waals surface area contributed by atoms with Crippen LogP contribution in [0.15, 0.2) is 30.3 Å². The van der Waals surface area contributed by atoms with Crippen LogP contribution < -0.4 is 9.64 Å². The van der Waals surface area contributed by atoms with Crippen LogP contribution >= 0.6 is 0 Å². The van der Waals surface area contributed by atoms with Gasteiger partial charge in [-0.15, -0.1) is 0 Å². The maximum atomic E-state index is 15.2. The number of aliphatic carboxylic acids is 1. The highest BCUT2D eigenvalue weighted by atomic mass is 19.1. The van der Waals surface area contributed by atoms with Gasteiger partial charge in [0.2, 0.25) is 5.91 Å². The highest BCUT2D eigenvalue weighted by molar-refractivity contribution is 5.98. The molecule has 0 unspecified atom stereocenters. The molecule has 2 aliphatic heterocycles. The molecule has 2 aliphatic rings. The zero-order valence-corrected chi connectivity index (χ0v) is 20.5. The molecular formula is C29H27F2NO4. The summed E-state index contributed by atoms with van der Waals surface area (Å²) in [5, 5.41) is 9.74. The van der Waals surface area contributed by atoms with Crippen LogP contribution in [0.4, 0.5) is 14.5 Å². The molecule has 7 heteroatoms. The SMILES string of the molecule is Cc1c(-c2c(C)c3c(c(C)c2CC(=O)O)CC(=O)N(c2cccc(F)c2)C3)cc(F)c2c1CCCO2. The van der Waals surface area contributed by atoms with Gasteiger partial charge in [0.25, 0.3) is 0 Å². The van der Waals surface area contributed by atoms with Crippen molar-refractivity contribution < 1.29 is 28.2 Å². The summed E-state index contributed by atoms with van der Waals surface area (Å²) in [6, 6.07) is 7.35. The number of nitrogens with zero attached hydrogens (tertiary/aromatic N) is 1. The number of anilines is 1. The number of carboxylic acids is 1. The Balaban J connectivity index is 1.74. The quantitative estimate of drug-likeness (QED) is 0.516. The van der Waals surface area contributed by atoms with E-state index >= 15 is 4.39 Å². The zero-order chi connectivity index (χ0) is 25.7. The Morgan fingerprint density at radius 1 is 1.06 bits per heavy atom. The molecule has 0 aliphatic carbocycles. The monoisotopic (exact) mass is 491 g/mol. The van der Waals surface area contributed by atoms with Crippen LogP contribution in [0.1, 0.15) is 45.4 Å². The molecule has 0 saturated heterocycles. The molecule has 0 fully saturated rings. The lowest BCUT2D eigenvalue weighted by Gasteiger charge is -2.34. The Bertz CT molecular complexity index is 1430. The van der Waals surface area contributed by atoms with Crippen molar-refractivity contribution in [2.75, 3.05) is 11.5 Å². The molecule has 0 aromatic heterocycles. The lowest BCUT2D eigenvalue weighted by atomic mass is 9.79. The van der Waals surface area contributed by atoms with Crippen LogP contribution in [0.25, 0.3) is 11.1 Å². The molecule has 0 radical (unpaired) electrons.